The molecule has 0 amide bonds. The molecule has 0 spiro atoms. The van der Waals surface area contributed by atoms with Gasteiger partial charge in [0.05, 0.1) is 13.7 Å². The van der Waals surface area contributed by atoms with Crippen molar-refractivity contribution in [2.45, 2.75) is 20.4 Å². The van der Waals surface area contributed by atoms with Crippen molar-refractivity contribution in [2.24, 2.45) is 0 Å². The minimum atomic E-state index is 0.608. The summed E-state index contributed by atoms with van der Waals surface area (Å²) in [6, 6.07) is 7.90. The van der Waals surface area contributed by atoms with E-state index in [0.29, 0.717) is 6.61 Å². The second kappa shape index (κ2) is 5.60. The molecular formula is C16H19N3O2. The highest BCUT2D eigenvalue weighted by molar-refractivity contribution is 5.45. The molecule has 5 nitrogen and oxygen atoms in total. The van der Waals surface area contributed by atoms with Crippen LogP contribution in [0.3, 0.4) is 0 Å². The highest BCUT2D eigenvalue weighted by Crippen LogP contribution is 2.29. The molecule has 0 fully saturated rings. The van der Waals surface area contributed by atoms with Gasteiger partial charge in [0.15, 0.2) is 0 Å². The molecule has 1 aliphatic rings. The zero-order valence-electron chi connectivity index (χ0n) is 12.6. The Morgan fingerprint density at radius 1 is 1.14 bits per heavy atom. The van der Waals surface area contributed by atoms with Gasteiger partial charge in [-0.3, -0.25) is 0 Å². The van der Waals surface area contributed by atoms with Crippen molar-refractivity contribution in [1.29, 1.82) is 0 Å². The normalized spacial score (nSPS) is 14.1. The molecule has 0 N–H and O–H groups in total. The van der Waals surface area contributed by atoms with Crippen LogP contribution in [0.1, 0.15) is 17.0 Å². The highest BCUT2D eigenvalue weighted by atomic mass is 16.5. The molecular weight excluding hydrogens is 266 g/mol. The number of anilines is 1. The minimum Gasteiger partial charge on any atom is -0.497 e. The molecule has 3 rings (SSSR count). The molecule has 2 heterocycles. The maximum atomic E-state index is 5.83. The number of aryl methyl sites for hydroxylation is 2. The van der Waals surface area contributed by atoms with Crippen molar-refractivity contribution in [2.75, 3.05) is 25.2 Å². The highest BCUT2D eigenvalue weighted by Gasteiger charge is 2.18. The summed E-state index contributed by atoms with van der Waals surface area (Å²) in [7, 11) is 1.66. The predicted octanol–water partition coefficient (Wildman–Crippen LogP) is 2.50. The first-order valence-electron chi connectivity index (χ1n) is 7.02. The molecule has 0 radical (unpaired) electrons. The van der Waals surface area contributed by atoms with Crippen molar-refractivity contribution < 1.29 is 9.47 Å². The number of rotatable bonds is 2. The number of benzene rings is 1. The van der Waals surface area contributed by atoms with E-state index < -0.39 is 0 Å². The quantitative estimate of drug-likeness (QED) is 0.848. The van der Waals surface area contributed by atoms with Crippen LogP contribution in [0, 0.1) is 13.8 Å². The summed E-state index contributed by atoms with van der Waals surface area (Å²) in [5.41, 5.74) is 3.09. The van der Waals surface area contributed by atoms with E-state index in [1.54, 1.807) is 7.11 Å². The largest absolute Gasteiger partial charge is 0.497 e. The van der Waals surface area contributed by atoms with Crippen LogP contribution in [0.4, 0.5) is 5.95 Å². The van der Waals surface area contributed by atoms with Gasteiger partial charge in [0.2, 0.25) is 5.95 Å². The molecule has 0 unspecified atom stereocenters. The summed E-state index contributed by atoms with van der Waals surface area (Å²) in [4.78, 5) is 11.2. The Hall–Kier alpha value is -2.30. The molecule has 2 aromatic rings. The summed E-state index contributed by atoms with van der Waals surface area (Å²) >= 11 is 0. The lowest BCUT2D eigenvalue weighted by atomic mass is 10.2. The second-order valence-corrected chi connectivity index (χ2v) is 5.19. The molecule has 0 bridgehead atoms. The molecule has 5 heteroatoms. The number of hydrogen-bond donors (Lipinski definition) is 0. The van der Waals surface area contributed by atoms with Gasteiger partial charge in [0, 0.05) is 29.6 Å². The van der Waals surface area contributed by atoms with Crippen LogP contribution in [-0.2, 0) is 6.54 Å². The van der Waals surface area contributed by atoms with E-state index in [2.05, 4.69) is 14.9 Å². The Morgan fingerprint density at radius 2 is 1.90 bits per heavy atom. The topological polar surface area (TPSA) is 47.5 Å². The van der Waals surface area contributed by atoms with E-state index >= 15 is 0 Å². The molecule has 0 saturated carbocycles. The second-order valence-electron chi connectivity index (χ2n) is 5.19. The fourth-order valence-corrected chi connectivity index (χ4v) is 2.50. The Balaban J connectivity index is 1.91. The number of nitrogens with zero attached hydrogens (tertiary/aromatic N) is 3. The Kier molecular flexibility index (Phi) is 3.64. The van der Waals surface area contributed by atoms with Crippen LogP contribution in [0.15, 0.2) is 24.3 Å². The van der Waals surface area contributed by atoms with E-state index in [4.69, 9.17) is 9.47 Å². The SMILES string of the molecule is COc1ccc2c(c1)OCCN(c1nc(C)cc(C)n1)C2. The summed E-state index contributed by atoms with van der Waals surface area (Å²) in [5, 5.41) is 0. The number of fused-ring (bicyclic) bond motifs is 1. The van der Waals surface area contributed by atoms with Crippen LogP contribution >= 0.6 is 0 Å². The van der Waals surface area contributed by atoms with Crippen molar-refractivity contribution in [1.82, 2.24) is 9.97 Å². The number of aromatic nitrogens is 2. The first-order valence-corrected chi connectivity index (χ1v) is 7.02. The van der Waals surface area contributed by atoms with E-state index in [1.807, 2.05) is 38.1 Å². The Morgan fingerprint density at radius 3 is 2.62 bits per heavy atom. The molecule has 0 atom stereocenters. The third-order valence-corrected chi connectivity index (χ3v) is 3.51. The summed E-state index contributed by atoms with van der Waals surface area (Å²) in [5.74, 6) is 2.45. The third-order valence-electron chi connectivity index (χ3n) is 3.51. The predicted molar refractivity (Wildman–Crippen MR) is 81.0 cm³/mol. The lowest BCUT2D eigenvalue weighted by Crippen LogP contribution is -2.27. The minimum absolute atomic E-state index is 0.608. The van der Waals surface area contributed by atoms with Gasteiger partial charge in [-0.2, -0.15) is 0 Å². The van der Waals surface area contributed by atoms with Gasteiger partial charge in [0.25, 0.3) is 0 Å². The van der Waals surface area contributed by atoms with Crippen molar-refractivity contribution in [3.63, 3.8) is 0 Å². The molecule has 21 heavy (non-hydrogen) atoms. The Labute approximate surface area is 124 Å². The monoisotopic (exact) mass is 285 g/mol. The van der Waals surface area contributed by atoms with Crippen molar-refractivity contribution in [3.8, 4) is 11.5 Å². The molecule has 1 aromatic heterocycles. The van der Waals surface area contributed by atoms with Gasteiger partial charge in [0.1, 0.15) is 18.1 Å². The molecule has 110 valence electrons. The number of hydrogen-bond acceptors (Lipinski definition) is 5. The van der Waals surface area contributed by atoms with E-state index in [-0.39, 0.29) is 0 Å². The van der Waals surface area contributed by atoms with E-state index in [1.165, 1.54) is 0 Å². The van der Waals surface area contributed by atoms with Crippen molar-refractivity contribution >= 4 is 5.95 Å². The van der Waals surface area contributed by atoms with Gasteiger partial charge in [-0.25, -0.2) is 9.97 Å². The summed E-state index contributed by atoms with van der Waals surface area (Å²) in [6.07, 6.45) is 0. The van der Waals surface area contributed by atoms with Crippen LogP contribution in [0.25, 0.3) is 0 Å². The molecule has 0 saturated heterocycles. The lowest BCUT2D eigenvalue weighted by molar-refractivity contribution is 0.328. The fraction of sp³-hybridized carbons (Fsp3) is 0.375. The Bertz CT molecular complexity index is 638. The molecule has 0 aliphatic carbocycles. The van der Waals surface area contributed by atoms with Crippen LogP contribution in [0.5, 0.6) is 11.5 Å². The van der Waals surface area contributed by atoms with Gasteiger partial charge >= 0.3 is 0 Å². The maximum Gasteiger partial charge on any atom is 0.226 e. The first-order chi connectivity index (χ1) is 10.2. The molecule has 1 aliphatic heterocycles. The summed E-state index contributed by atoms with van der Waals surface area (Å²) < 4.78 is 11.1. The van der Waals surface area contributed by atoms with Gasteiger partial charge in [-0.15, -0.1) is 0 Å². The smallest absolute Gasteiger partial charge is 0.226 e. The standard InChI is InChI=1S/C16H19N3O2/c1-11-8-12(2)18-16(17-11)19-6-7-21-15-9-14(20-3)5-4-13(15)10-19/h4-5,8-9H,6-7,10H2,1-3H3. The van der Waals surface area contributed by atoms with E-state index in [9.17, 15) is 0 Å². The number of methoxy groups -OCH3 is 1. The van der Waals surface area contributed by atoms with Gasteiger partial charge in [-0.1, -0.05) is 0 Å². The van der Waals surface area contributed by atoms with Gasteiger partial charge in [-0.05, 0) is 32.0 Å². The first kappa shape index (κ1) is 13.7. The van der Waals surface area contributed by atoms with Gasteiger partial charge < -0.3 is 14.4 Å². The lowest BCUT2D eigenvalue weighted by Gasteiger charge is -2.20. The molecule has 1 aromatic carbocycles. The zero-order valence-corrected chi connectivity index (χ0v) is 12.6. The average Bonchev–Trinajstić information content (AvgIpc) is 2.67. The third kappa shape index (κ3) is 2.91. The number of ether oxygens (including phenoxy) is 2. The summed E-state index contributed by atoms with van der Waals surface area (Å²) in [6.45, 7) is 6.09. The van der Waals surface area contributed by atoms with Crippen LogP contribution in [0.2, 0.25) is 0 Å². The van der Waals surface area contributed by atoms with E-state index in [0.717, 1.165) is 47.5 Å². The average molecular weight is 285 g/mol. The zero-order chi connectivity index (χ0) is 14.8. The van der Waals surface area contributed by atoms with Crippen LogP contribution in [-0.4, -0.2) is 30.2 Å². The maximum absolute atomic E-state index is 5.83. The van der Waals surface area contributed by atoms with Crippen LogP contribution < -0.4 is 14.4 Å². The van der Waals surface area contributed by atoms with Crippen molar-refractivity contribution in [3.05, 3.63) is 41.2 Å². The fourth-order valence-electron chi connectivity index (χ4n) is 2.50.